The van der Waals surface area contributed by atoms with Crippen molar-refractivity contribution in [3.63, 3.8) is 0 Å². The number of nitrogens with one attached hydrogen (secondary N) is 2. The molecule has 6 heteroatoms. The molecule has 0 unspecified atom stereocenters. The molecule has 0 bridgehead atoms. The molecule has 92 valence electrons. The molecule has 3 rings (SSSR count). The van der Waals surface area contributed by atoms with E-state index in [1.807, 2.05) is 0 Å². The van der Waals surface area contributed by atoms with Crippen LogP contribution in [0.25, 0.3) is 0 Å². The standard InChI is InChI=1S/C11H16N4OS/c1-12-11-15-14-10(17-11)9(16)13-8(6-2-3-6)7-4-5-7/h6-8H,2-5H2,1H3,(H,12,15)(H,13,16). The molecule has 5 nitrogen and oxygen atoms in total. The Morgan fingerprint density at radius 3 is 2.41 bits per heavy atom. The number of rotatable bonds is 5. The summed E-state index contributed by atoms with van der Waals surface area (Å²) in [7, 11) is 1.78. The monoisotopic (exact) mass is 252 g/mol. The van der Waals surface area contributed by atoms with Crippen LogP contribution in [-0.2, 0) is 0 Å². The van der Waals surface area contributed by atoms with E-state index in [4.69, 9.17) is 0 Å². The molecule has 2 saturated carbocycles. The molecule has 0 aromatic carbocycles. The highest BCUT2D eigenvalue weighted by Crippen LogP contribution is 2.44. The molecule has 2 fully saturated rings. The molecule has 1 aromatic heterocycles. The lowest BCUT2D eigenvalue weighted by Gasteiger charge is -2.16. The second kappa shape index (κ2) is 4.25. The zero-order valence-corrected chi connectivity index (χ0v) is 10.6. The molecule has 0 radical (unpaired) electrons. The highest BCUT2D eigenvalue weighted by molar-refractivity contribution is 7.17. The molecule has 0 atom stereocenters. The minimum Gasteiger partial charge on any atom is -0.363 e. The third-order valence-corrected chi connectivity index (χ3v) is 4.33. The summed E-state index contributed by atoms with van der Waals surface area (Å²) in [5, 5.41) is 14.9. The van der Waals surface area contributed by atoms with Gasteiger partial charge in [0.1, 0.15) is 0 Å². The summed E-state index contributed by atoms with van der Waals surface area (Å²) >= 11 is 1.30. The summed E-state index contributed by atoms with van der Waals surface area (Å²) < 4.78 is 0. The van der Waals surface area contributed by atoms with Crippen molar-refractivity contribution < 1.29 is 4.79 Å². The number of hydrogen-bond acceptors (Lipinski definition) is 5. The summed E-state index contributed by atoms with van der Waals surface area (Å²) in [5.41, 5.74) is 0. The molecule has 0 saturated heterocycles. The maximum atomic E-state index is 12.0. The van der Waals surface area contributed by atoms with E-state index in [-0.39, 0.29) is 5.91 Å². The van der Waals surface area contributed by atoms with Gasteiger partial charge in [0.2, 0.25) is 10.1 Å². The Balaban J connectivity index is 1.64. The summed E-state index contributed by atoms with van der Waals surface area (Å²) in [6.45, 7) is 0. The van der Waals surface area contributed by atoms with Crippen molar-refractivity contribution in [1.29, 1.82) is 0 Å². The number of hydrogen-bond donors (Lipinski definition) is 2. The van der Waals surface area contributed by atoms with Crippen LogP contribution < -0.4 is 10.6 Å². The van der Waals surface area contributed by atoms with Gasteiger partial charge in [-0.1, -0.05) is 11.3 Å². The molecule has 1 aromatic rings. The number of anilines is 1. The third-order valence-electron chi connectivity index (χ3n) is 3.39. The molecule has 0 aliphatic heterocycles. The van der Waals surface area contributed by atoms with E-state index in [9.17, 15) is 4.79 Å². The lowest BCUT2D eigenvalue weighted by atomic mass is 10.1. The molecule has 1 amide bonds. The fourth-order valence-corrected chi connectivity index (χ4v) is 2.76. The summed E-state index contributed by atoms with van der Waals surface area (Å²) in [5.74, 6) is 1.36. The molecule has 2 aliphatic rings. The fourth-order valence-electron chi connectivity index (χ4n) is 2.16. The Bertz CT molecular complexity index is 413. The van der Waals surface area contributed by atoms with E-state index in [0.717, 1.165) is 0 Å². The second-order valence-electron chi connectivity index (χ2n) is 4.84. The second-order valence-corrected chi connectivity index (χ2v) is 5.81. The molecular formula is C11H16N4OS. The van der Waals surface area contributed by atoms with E-state index in [1.165, 1.54) is 37.0 Å². The molecule has 17 heavy (non-hydrogen) atoms. The maximum Gasteiger partial charge on any atom is 0.282 e. The van der Waals surface area contributed by atoms with Crippen LogP contribution in [0.5, 0.6) is 0 Å². The lowest BCUT2D eigenvalue weighted by molar-refractivity contribution is 0.0925. The van der Waals surface area contributed by atoms with Crippen molar-refractivity contribution in [3.05, 3.63) is 5.01 Å². The van der Waals surface area contributed by atoms with Crippen LogP contribution in [0.1, 0.15) is 35.5 Å². The van der Waals surface area contributed by atoms with Gasteiger partial charge in [0.15, 0.2) is 0 Å². The van der Waals surface area contributed by atoms with Gasteiger partial charge < -0.3 is 10.6 Å². The van der Waals surface area contributed by atoms with Gasteiger partial charge in [-0.3, -0.25) is 4.79 Å². The van der Waals surface area contributed by atoms with E-state index in [1.54, 1.807) is 7.05 Å². The number of nitrogens with zero attached hydrogens (tertiary/aromatic N) is 2. The zero-order chi connectivity index (χ0) is 11.8. The number of aromatic nitrogens is 2. The summed E-state index contributed by atoms with van der Waals surface area (Å²) in [6, 6.07) is 0.379. The minimum absolute atomic E-state index is 0.0622. The van der Waals surface area contributed by atoms with E-state index in [0.29, 0.717) is 28.0 Å². The lowest BCUT2D eigenvalue weighted by Crippen LogP contribution is -2.38. The molecule has 2 N–H and O–H groups in total. The Kier molecular flexibility index (Phi) is 2.74. The SMILES string of the molecule is CNc1nnc(C(=O)NC(C2CC2)C2CC2)s1. The predicted molar refractivity (Wildman–Crippen MR) is 66.2 cm³/mol. The summed E-state index contributed by atoms with van der Waals surface area (Å²) in [6.07, 6.45) is 5.05. The first-order valence-electron chi connectivity index (χ1n) is 6.10. The number of carbonyl (C=O) groups is 1. The van der Waals surface area contributed by atoms with Crippen LogP contribution in [0.4, 0.5) is 5.13 Å². The largest absolute Gasteiger partial charge is 0.363 e. The van der Waals surface area contributed by atoms with Crippen LogP contribution in [0, 0.1) is 11.8 Å². The first kappa shape index (κ1) is 11.0. The quantitative estimate of drug-likeness (QED) is 0.833. The number of amides is 1. The van der Waals surface area contributed by atoms with Crippen molar-refractivity contribution in [3.8, 4) is 0 Å². The van der Waals surface area contributed by atoms with Gasteiger partial charge in [-0.25, -0.2) is 0 Å². The Morgan fingerprint density at radius 1 is 1.29 bits per heavy atom. The van der Waals surface area contributed by atoms with Crippen LogP contribution >= 0.6 is 11.3 Å². The smallest absolute Gasteiger partial charge is 0.282 e. The topological polar surface area (TPSA) is 66.9 Å². The predicted octanol–water partition coefficient (Wildman–Crippen LogP) is 1.50. The van der Waals surface area contributed by atoms with Gasteiger partial charge in [0, 0.05) is 13.1 Å². The van der Waals surface area contributed by atoms with E-state index in [2.05, 4.69) is 20.8 Å². The average molecular weight is 252 g/mol. The van der Waals surface area contributed by atoms with Gasteiger partial charge in [0.25, 0.3) is 5.91 Å². The van der Waals surface area contributed by atoms with Gasteiger partial charge in [-0.2, -0.15) is 0 Å². The van der Waals surface area contributed by atoms with Gasteiger partial charge in [-0.05, 0) is 37.5 Å². The van der Waals surface area contributed by atoms with Gasteiger partial charge in [-0.15, -0.1) is 10.2 Å². The van der Waals surface area contributed by atoms with Crippen LogP contribution in [0.15, 0.2) is 0 Å². The Hall–Kier alpha value is -1.17. The Labute approximate surface area is 104 Å². The molecular weight excluding hydrogens is 236 g/mol. The van der Waals surface area contributed by atoms with E-state index < -0.39 is 0 Å². The zero-order valence-electron chi connectivity index (χ0n) is 9.77. The van der Waals surface area contributed by atoms with Crippen LogP contribution in [-0.4, -0.2) is 29.2 Å². The average Bonchev–Trinajstić information content (AvgIpc) is 3.24. The number of carbonyl (C=O) groups excluding carboxylic acids is 1. The maximum absolute atomic E-state index is 12.0. The highest BCUT2D eigenvalue weighted by atomic mass is 32.1. The molecule has 2 aliphatic carbocycles. The Morgan fingerprint density at radius 2 is 1.94 bits per heavy atom. The van der Waals surface area contributed by atoms with Crippen molar-refractivity contribution in [2.24, 2.45) is 11.8 Å². The third kappa shape index (κ3) is 2.41. The minimum atomic E-state index is -0.0622. The fraction of sp³-hybridized carbons (Fsp3) is 0.727. The van der Waals surface area contributed by atoms with Gasteiger partial charge >= 0.3 is 0 Å². The van der Waals surface area contributed by atoms with Crippen molar-refractivity contribution in [2.45, 2.75) is 31.7 Å². The van der Waals surface area contributed by atoms with Crippen LogP contribution in [0.3, 0.4) is 0 Å². The van der Waals surface area contributed by atoms with E-state index >= 15 is 0 Å². The molecule has 1 heterocycles. The highest BCUT2D eigenvalue weighted by Gasteiger charge is 2.42. The first-order chi connectivity index (χ1) is 8.28. The van der Waals surface area contributed by atoms with Crippen molar-refractivity contribution >= 4 is 22.4 Å². The van der Waals surface area contributed by atoms with Crippen molar-refractivity contribution in [1.82, 2.24) is 15.5 Å². The summed E-state index contributed by atoms with van der Waals surface area (Å²) in [4.78, 5) is 12.0. The normalized spacial score (nSPS) is 19.4. The first-order valence-corrected chi connectivity index (χ1v) is 6.91. The molecule has 0 spiro atoms. The van der Waals surface area contributed by atoms with Gasteiger partial charge in [0.05, 0.1) is 0 Å². The van der Waals surface area contributed by atoms with Crippen LogP contribution in [0.2, 0.25) is 0 Å². The van der Waals surface area contributed by atoms with Crippen molar-refractivity contribution in [2.75, 3.05) is 12.4 Å².